The molecule has 8 nitrogen and oxygen atoms in total. The van der Waals surface area contributed by atoms with E-state index in [0.29, 0.717) is 11.1 Å². The maximum Gasteiger partial charge on any atom is 0.248 e. The molecular formula is C16H23N3O5S2. The van der Waals surface area contributed by atoms with E-state index in [1.807, 2.05) is 6.92 Å². The molecule has 0 saturated carbocycles. The molecule has 0 radical (unpaired) electrons. The molecule has 0 atom stereocenters. The summed E-state index contributed by atoms with van der Waals surface area (Å²) in [6.07, 6.45) is 2.92. The first-order chi connectivity index (χ1) is 11.8. The maximum absolute atomic E-state index is 11.5. The van der Waals surface area contributed by atoms with E-state index >= 15 is 0 Å². The number of hydrogen-bond acceptors (Lipinski definition) is 6. The second kappa shape index (κ2) is 8.12. The van der Waals surface area contributed by atoms with Crippen LogP contribution in [0.5, 0.6) is 0 Å². The Labute approximate surface area is 154 Å². The summed E-state index contributed by atoms with van der Waals surface area (Å²) in [5.74, 6) is 5.39. The summed E-state index contributed by atoms with van der Waals surface area (Å²) in [7, 11) is -4.75. The van der Waals surface area contributed by atoms with Crippen LogP contribution in [0.3, 0.4) is 0 Å². The lowest BCUT2D eigenvalue weighted by Gasteiger charge is -2.14. The molecule has 0 aliphatic carbocycles. The minimum Gasteiger partial charge on any atom is -0.744 e. The quantitative estimate of drug-likeness (QED) is 0.452. The molecule has 0 spiro atoms. The summed E-state index contributed by atoms with van der Waals surface area (Å²) < 4.78 is 57.9. The first-order valence-corrected chi connectivity index (χ1v) is 10.3. The summed E-state index contributed by atoms with van der Waals surface area (Å²) in [5.41, 5.74) is 2.00. The van der Waals surface area contributed by atoms with E-state index in [0.717, 1.165) is 9.87 Å². The number of rotatable bonds is 3. The van der Waals surface area contributed by atoms with Crippen LogP contribution in [0.2, 0.25) is 0 Å². The van der Waals surface area contributed by atoms with Gasteiger partial charge in [0.25, 0.3) is 0 Å². The van der Waals surface area contributed by atoms with Gasteiger partial charge in [0.05, 0.1) is 4.90 Å². The molecule has 0 saturated heterocycles. The predicted octanol–water partition coefficient (Wildman–Crippen LogP) is 0.454. The minimum absolute atomic E-state index is 0.0851. The molecule has 26 heavy (non-hydrogen) atoms. The summed E-state index contributed by atoms with van der Waals surface area (Å²) in [5, 5.41) is 0. The Morgan fingerprint density at radius 3 is 1.92 bits per heavy atom. The number of aromatic nitrogens is 1. The number of hydrogen-bond donors (Lipinski definition) is 1. The van der Waals surface area contributed by atoms with Crippen molar-refractivity contribution < 1.29 is 26.1 Å². The van der Waals surface area contributed by atoms with Crippen LogP contribution in [-0.4, -0.2) is 39.8 Å². The molecule has 1 aromatic heterocycles. The van der Waals surface area contributed by atoms with Crippen LogP contribution in [0.1, 0.15) is 16.7 Å². The predicted molar refractivity (Wildman–Crippen MR) is 96.3 cm³/mol. The Kier molecular flexibility index (Phi) is 6.88. The molecule has 2 rings (SSSR count). The van der Waals surface area contributed by atoms with Crippen molar-refractivity contribution in [2.45, 2.75) is 30.6 Å². The molecule has 1 aromatic carbocycles. The van der Waals surface area contributed by atoms with Gasteiger partial charge >= 0.3 is 0 Å². The van der Waals surface area contributed by atoms with Crippen molar-refractivity contribution in [2.24, 2.45) is 0 Å². The molecular weight excluding hydrogens is 378 g/mol. The van der Waals surface area contributed by atoms with Gasteiger partial charge in [0.2, 0.25) is 16.2 Å². The van der Waals surface area contributed by atoms with Gasteiger partial charge in [-0.2, -0.15) is 0 Å². The molecule has 0 aliphatic heterocycles. The largest absolute Gasteiger partial charge is 0.744 e. The molecule has 2 aromatic rings. The number of nitrogens with zero attached hydrogens (tertiary/aromatic N) is 2. The van der Waals surface area contributed by atoms with Gasteiger partial charge in [-0.15, -0.1) is 0 Å². The second-order valence-corrected chi connectivity index (χ2v) is 9.42. The molecule has 2 N–H and O–H groups in total. The van der Waals surface area contributed by atoms with Gasteiger partial charge in [-0.3, -0.25) is 0 Å². The van der Waals surface area contributed by atoms with Gasteiger partial charge in [-0.1, -0.05) is 22.4 Å². The Morgan fingerprint density at radius 1 is 1.04 bits per heavy atom. The van der Waals surface area contributed by atoms with Crippen LogP contribution in [0, 0.1) is 20.8 Å². The number of benzene rings is 1. The fraction of sp³-hybridized carbons (Fsp3) is 0.312. The van der Waals surface area contributed by atoms with Gasteiger partial charge < -0.3 is 4.55 Å². The molecule has 0 amide bonds. The van der Waals surface area contributed by atoms with Crippen molar-refractivity contribution in [1.29, 1.82) is 0 Å². The zero-order valence-corrected chi connectivity index (χ0v) is 16.9. The van der Waals surface area contributed by atoms with Crippen molar-refractivity contribution in [3.05, 3.63) is 53.3 Å². The molecule has 1 heterocycles. The van der Waals surface area contributed by atoms with Gasteiger partial charge in [0.15, 0.2) is 6.20 Å². The average molecular weight is 402 g/mol. The summed E-state index contributed by atoms with van der Waals surface area (Å²) in [6, 6.07) is 6.46. The summed E-state index contributed by atoms with van der Waals surface area (Å²) in [4.78, 5) is 0.0978. The maximum atomic E-state index is 11.5. The van der Waals surface area contributed by atoms with E-state index in [1.54, 1.807) is 38.2 Å². The molecule has 10 heteroatoms. The fourth-order valence-corrected chi connectivity index (χ4v) is 4.23. The number of nitrogen functional groups attached to an aromatic ring is 1. The molecule has 0 fully saturated rings. The summed E-state index contributed by atoms with van der Waals surface area (Å²) in [6.45, 7) is 5.12. The Hall–Kier alpha value is -2.01. The lowest BCUT2D eigenvalue weighted by Crippen LogP contribution is -2.44. The third kappa shape index (κ3) is 5.49. The van der Waals surface area contributed by atoms with Crippen molar-refractivity contribution in [3.8, 4) is 0 Å². The van der Waals surface area contributed by atoms with Crippen LogP contribution in [0.15, 0.2) is 46.5 Å². The van der Waals surface area contributed by atoms with Crippen LogP contribution < -0.4 is 10.5 Å². The zero-order chi connectivity index (χ0) is 20.3. The lowest BCUT2D eigenvalue weighted by molar-refractivity contribution is -0.641. The van der Waals surface area contributed by atoms with Gasteiger partial charge in [0.1, 0.15) is 15.0 Å². The Morgan fingerprint density at radius 2 is 1.54 bits per heavy atom. The molecule has 0 bridgehead atoms. The van der Waals surface area contributed by atoms with Crippen LogP contribution >= 0.6 is 0 Å². The fourth-order valence-electron chi connectivity index (χ4n) is 2.39. The standard InChI is InChI=1S/C9H12O3S.C7H12N3O2S/c1-6-4-7(2)9(8(3)5-6)13(10,11)12;1-9(2)13(11,12)7-4-3-5-10(8)6-7/h4-5H,1-3H3,(H,10,11,12);3-6H,8H2,1-2H3/q;+1/p-1. The van der Waals surface area contributed by atoms with E-state index < -0.39 is 20.1 Å². The monoisotopic (exact) mass is 401 g/mol. The van der Waals surface area contributed by atoms with E-state index in [4.69, 9.17) is 5.84 Å². The second-order valence-electron chi connectivity index (χ2n) is 5.96. The highest BCUT2D eigenvalue weighted by molar-refractivity contribution is 7.89. The first-order valence-electron chi connectivity index (χ1n) is 7.49. The molecule has 144 valence electrons. The zero-order valence-electron chi connectivity index (χ0n) is 15.3. The highest BCUT2D eigenvalue weighted by Crippen LogP contribution is 2.20. The first kappa shape index (κ1) is 22.0. The Balaban J connectivity index is 0.000000260. The number of pyridine rings is 1. The van der Waals surface area contributed by atoms with E-state index in [2.05, 4.69) is 0 Å². The molecule has 0 unspecified atom stereocenters. The topological polar surface area (TPSA) is 124 Å². The average Bonchev–Trinajstić information content (AvgIpc) is 2.44. The van der Waals surface area contributed by atoms with E-state index in [-0.39, 0.29) is 9.79 Å². The summed E-state index contributed by atoms with van der Waals surface area (Å²) >= 11 is 0. The lowest BCUT2D eigenvalue weighted by atomic mass is 10.1. The van der Waals surface area contributed by atoms with E-state index in [9.17, 15) is 21.4 Å². The number of aryl methyl sites for hydroxylation is 3. The smallest absolute Gasteiger partial charge is 0.248 e. The third-order valence-corrected chi connectivity index (χ3v) is 6.37. The highest BCUT2D eigenvalue weighted by atomic mass is 32.2. The number of nitrogens with two attached hydrogens (primary N) is 1. The van der Waals surface area contributed by atoms with E-state index in [1.165, 1.54) is 31.0 Å². The molecule has 0 aliphatic rings. The SMILES string of the molecule is CN(C)S(=O)(=O)c1ccc[n+](N)c1.Cc1cc(C)c(S(=O)(=O)[O-])c(C)c1. The van der Waals surface area contributed by atoms with Gasteiger partial charge in [0, 0.05) is 20.2 Å². The van der Waals surface area contributed by atoms with Crippen molar-refractivity contribution in [3.63, 3.8) is 0 Å². The van der Waals surface area contributed by atoms with Gasteiger partial charge in [-0.05, 0) is 38.0 Å². The minimum atomic E-state index is -4.33. The Bertz CT molecular complexity index is 977. The van der Waals surface area contributed by atoms with Crippen molar-refractivity contribution in [1.82, 2.24) is 4.31 Å². The highest BCUT2D eigenvalue weighted by Gasteiger charge is 2.19. The van der Waals surface area contributed by atoms with Gasteiger partial charge in [-0.25, -0.2) is 27.0 Å². The van der Waals surface area contributed by atoms with Crippen LogP contribution in [-0.2, 0) is 20.1 Å². The van der Waals surface area contributed by atoms with Crippen LogP contribution in [0.25, 0.3) is 0 Å². The number of sulfonamides is 1. The normalized spacial score (nSPS) is 11.8. The van der Waals surface area contributed by atoms with Crippen LogP contribution in [0.4, 0.5) is 0 Å². The van der Waals surface area contributed by atoms with Crippen molar-refractivity contribution in [2.75, 3.05) is 19.9 Å². The van der Waals surface area contributed by atoms with Crippen molar-refractivity contribution >= 4 is 20.1 Å². The third-order valence-electron chi connectivity index (χ3n) is 3.43.